The van der Waals surface area contributed by atoms with Gasteiger partial charge >= 0.3 is 0 Å². The fourth-order valence-electron chi connectivity index (χ4n) is 3.77. The number of methoxy groups -OCH3 is 1. The van der Waals surface area contributed by atoms with Gasteiger partial charge in [-0.1, -0.05) is 0 Å². The number of sulfonamides is 1. The van der Waals surface area contributed by atoms with Crippen molar-refractivity contribution < 1.29 is 22.7 Å². The van der Waals surface area contributed by atoms with Crippen molar-refractivity contribution in [3.8, 4) is 5.75 Å². The first-order valence-electron chi connectivity index (χ1n) is 11.9. The van der Waals surface area contributed by atoms with E-state index in [1.54, 1.807) is 50.2 Å². The quantitative estimate of drug-likeness (QED) is 0.392. The number of nitrogens with zero attached hydrogens (tertiary/aromatic N) is 2. The highest BCUT2D eigenvalue weighted by Gasteiger charge is 2.25. The largest absolute Gasteiger partial charge is 0.497 e. The van der Waals surface area contributed by atoms with E-state index in [0.29, 0.717) is 34.7 Å². The van der Waals surface area contributed by atoms with Crippen LogP contribution in [-0.2, 0) is 19.6 Å². The van der Waals surface area contributed by atoms with Gasteiger partial charge in [0.05, 0.1) is 12.0 Å². The number of aryl methyl sites for hydroxylation is 2. The highest BCUT2D eigenvalue weighted by molar-refractivity contribution is 7.89. The van der Waals surface area contributed by atoms with E-state index in [0.717, 1.165) is 19.4 Å². The number of carbonyl (C=O) groups is 2. The van der Waals surface area contributed by atoms with Gasteiger partial charge < -0.3 is 20.3 Å². The van der Waals surface area contributed by atoms with Crippen LogP contribution < -0.4 is 15.4 Å². The topological polar surface area (TPSA) is 108 Å². The normalized spacial score (nSPS) is 11.6. The molecule has 10 heteroatoms. The van der Waals surface area contributed by atoms with Gasteiger partial charge in [-0.15, -0.1) is 0 Å². The lowest BCUT2D eigenvalue weighted by atomic mass is 10.1. The molecule has 0 aliphatic rings. The van der Waals surface area contributed by atoms with E-state index in [1.165, 1.54) is 18.5 Å². The molecule has 2 aromatic rings. The Morgan fingerprint density at radius 1 is 0.833 bits per heavy atom. The van der Waals surface area contributed by atoms with E-state index in [2.05, 4.69) is 15.5 Å². The lowest BCUT2D eigenvalue weighted by Crippen LogP contribution is -2.31. The second kappa shape index (κ2) is 13.4. The number of hydrogen-bond donors (Lipinski definition) is 2. The molecule has 198 valence electrons. The molecule has 0 saturated heterocycles. The molecule has 0 aromatic heterocycles. The molecule has 2 aromatic carbocycles. The van der Waals surface area contributed by atoms with E-state index in [4.69, 9.17) is 4.74 Å². The van der Waals surface area contributed by atoms with Crippen molar-refractivity contribution in [3.05, 3.63) is 47.5 Å². The first-order chi connectivity index (χ1) is 16.9. The van der Waals surface area contributed by atoms with Crippen LogP contribution in [0.25, 0.3) is 0 Å². The Kier molecular flexibility index (Phi) is 10.9. The Morgan fingerprint density at radius 2 is 1.33 bits per heavy atom. The second-order valence-corrected chi connectivity index (χ2v) is 11.1. The summed E-state index contributed by atoms with van der Waals surface area (Å²) in [6.45, 7) is 4.42. The molecule has 0 unspecified atom stereocenters. The number of hydrogen-bond acceptors (Lipinski definition) is 6. The highest BCUT2D eigenvalue weighted by atomic mass is 32.2. The maximum Gasteiger partial charge on any atom is 0.243 e. The number of rotatable bonds is 13. The van der Waals surface area contributed by atoms with Crippen molar-refractivity contribution in [1.29, 1.82) is 0 Å². The average Bonchev–Trinajstić information content (AvgIpc) is 2.80. The Balaban J connectivity index is 1.87. The van der Waals surface area contributed by atoms with Gasteiger partial charge in [-0.05, 0) is 94.9 Å². The summed E-state index contributed by atoms with van der Waals surface area (Å²) in [7, 11) is 3.24. The van der Waals surface area contributed by atoms with E-state index < -0.39 is 10.0 Å². The van der Waals surface area contributed by atoms with Crippen LogP contribution in [-0.4, -0.2) is 70.8 Å². The van der Waals surface area contributed by atoms with Gasteiger partial charge in [-0.2, -0.15) is 0 Å². The van der Waals surface area contributed by atoms with Gasteiger partial charge in [0.25, 0.3) is 0 Å². The van der Waals surface area contributed by atoms with Crippen LogP contribution in [0.2, 0.25) is 0 Å². The zero-order valence-electron chi connectivity index (χ0n) is 22.1. The number of anilines is 2. The molecule has 0 aliphatic carbocycles. The minimum absolute atomic E-state index is 0.00455. The number of amides is 2. The summed E-state index contributed by atoms with van der Waals surface area (Å²) < 4.78 is 32.6. The minimum atomic E-state index is -3.77. The van der Waals surface area contributed by atoms with Gasteiger partial charge in [-0.3, -0.25) is 9.59 Å². The molecule has 9 nitrogen and oxygen atoms in total. The summed E-state index contributed by atoms with van der Waals surface area (Å²) in [6, 6.07) is 10.2. The predicted molar refractivity (Wildman–Crippen MR) is 143 cm³/mol. The van der Waals surface area contributed by atoms with E-state index >= 15 is 0 Å². The monoisotopic (exact) mass is 518 g/mol. The number of benzene rings is 2. The van der Waals surface area contributed by atoms with Gasteiger partial charge in [0.1, 0.15) is 5.75 Å². The summed E-state index contributed by atoms with van der Waals surface area (Å²) >= 11 is 0. The predicted octanol–water partition coefficient (Wildman–Crippen LogP) is 3.63. The molecule has 0 fully saturated rings. The van der Waals surface area contributed by atoms with Crippen molar-refractivity contribution in [2.45, 2.75) is 44.4 Å². The average molecular weight is 519 g/mol. The van der Waals surface area contributed by atoms with Gasteiger partial charge in [0.2, 0.25) is 21.8 Å². The summed E-state index contributed by atoms with van der Waals surface area (Å²) in [6.07, 6.45) is 2.23. The minimum Gasteiger partial charge on any atom is -0.497 e. The molecule has 0 heterocycles. The Morgan fingerprint density at radius 3 is 1.81 bits per heavy atom. The van der Waals surface area contributed by atoms with Crippen LogP contribution >= 0.6 is 0 Å². The standard InChI is InChI=1S/C26H38N4O5S/c1-19-17-23(35-6)18-20(2)26(19)36(33,34)30(5)16-14-25(32)28-22-12-10-21(11-13-22)27-24(31)9-7-8-15-29(3)4/h10-13,17-18H,7-9,14-16H2,1-6H3,(H,27,31)(H,28,32). The highest BCUT2D eigenvalue weighted by Crippen LogP contribution is 2.27. The molecular weight excluding hydrogens is 480 g/mol. The molecule has 0 bridgehead atoms. The molecule has 0 aliphatic heterocycles. The van der Waals surface area contributed by atoms with Gasteiger partial charge in [-0.25, -0.2) is 12.7 Å². The SMILES string of the molecule is COc1cc(C)c(S(=O)(=O)N(C)CCC(=O)Nc2ccc(NC(=O)CCCCN(C)C)cc2)c(C)c1. The third-order valence-corrected chi connectivity index (χ3v) is 7.87. The lowest BCUT2D eigenvalue weighted by Gasteiger charge is -2.20. The number of carbonyl (C=O) groups excluding carboxylic acids is 2. The first kappa shape index (κ1) is 29.3. The van der Waals surface area contributed by atoms with Crippen LogP contribution in [0.15, 0.2) is 41.3 Å². The molecule has 0 radical (unpaired) electrons. The van der Waals surface area contributed by atoms with Crippen LogP contribution in [0.1, 0.15) is 36.8 Å². The van der Waals surface area contributed by atoms with E-state index in [9.17, 15) is 18.0 Å². The smallest absolute Gasteiger partial charge is 0.243 e. The van der Waals surface area contributed by atoms with Crippen molar-refractivity contribution >= 4 is 33.2 Å². The summed E-state index contributed by atoms with van der Waals surface area (Å²) in [4.78, 5) is 26.8. The van der Waals surface area contributed by atoms with Crippen molar-refractivity contribution in [2.24, 2.45) is 0 Å². The molecule has 2 N–H and O–H groups in total. The third kappa shape index (κ3) is 8.61. The molecule has 2 amide bonds. The Bertz CT molecular complexity index is 1120. The summed E-state index contributed by atoms with van der Waals surface area (Å²) in [5, 5.41) is 5.62. The fourth-order valence-corrected chi connectivity index (χ4v) is 5.34. The lowest BCUT2D eigenvalue weighted by molar-refractivity contribution is -0.117. The number of ether oxygens (including phenoxy) is 1. The maximum absolute atomic E-state index is 13.1. The molecule has 2 rings (SSSR count). The fraction of sp³-hybridized carbons (Fsp3) is 0.462. The molecule has 36 heavy (non-hydrogen) atoms. The zero-order chi connectivity index (χ0) is 26.9. The molecule has 0 spiro atoms. The Labute approximate surface area is 214 Å². The third-order valence-electron chi connectivity index (χ3n) is 5.70. The van der Waals surface area contributed by atoms with Crippen LogP contribution in [0.4, 0.5) is 11.4 Å². The van der Waals surface area contributed by atoms with Gasteiger partial charge in [0.15, 0.2) is 0 Å². The van der Waals surface area contributed by atoms with Crippen LogP contribution in [0, 0.1) is 13.8 Å². The Hall–Kier alpha value is -2.95. The van der Waals surface area contributed by atoms with Gasteiger partial charge in [0, 0.05) is 37.8 Å². The van der Waals surface area contributed by atoms with Crippen LogP contribution in [0.5, 0.6) is 5.75 Å². The molecule has 0 atom stereocenters. The second-order valence-electron chi connectivity index (χ2n) is 9.10. The van der Waals surface area contributed by atoms with Crippen molar-refractivity contribution in [3.63, 3.8) is 0 Å². The molecular formula is C26H38N4O5S. The molecule has 0 saturated carbocycles. The van der Waals surface area contributed by atoms with E-state index in [1.807, 2.05) is 14.1 Å². The zero-order valence-corrected chi connectivity index (χ0v) is 22.9. The first-order valence-corrected chi connectivity index (χ1v) is 13.3. The van der Waals surface area contributed by atoms with E-state index in [-0.39, 0.29) is 29.7 Å². The number of unbranched alkanes of at least 4 members (excludes halogenated alkanes) is 1. The summed E-state index contributed by atoms with van der Waals surface area (Å²) in [5.41, 5.74) is 2.39. The van der Waals surface area contributed by atoms with Crippen molar-refractivity contribution in [1.82, 2.24) is 9.21 Å². The maximum atomic E-state index is 13.1. The summed E-state index contributed by atoms with van der Waals surface area (Å²) in [5.74, 6) is 0.242. The van der Waals surface area contributed by atoms with Crippen molar-refractivity contribution in [2.75, 3.05) is 52.0 Å². The van der Waals surface area contributed by atoms with Crippen LogP contribution in [0.3, 0.4) is 0 Å². The number of nitrogens with one attached hydrogen (secondary N) is 2.